The summed E-state index contributed by atoms with van der Waals surface area (Å²) in [7, 11) is 0. The highest BCUT2D eigenvalue weighted by Crippen LogP contribution is 2.47. The number of rotatable bonds is 7. The summed E-state index contributed by atoms with van der Waals surface area (Å²) in [6.45, 7) is 6.69. The number of hydrogen-bond donors (Lipinski definition) is 0. The number of aromatic nitrogens is 1. The summed E-state index contributed by atoms with van der Waals surface area (Å²) >= 11 is 0. The highest BCUT2D eigenvalue weighted by molar-refractivity contribution is 6.03. The topological polar surface area (TPSA) is 30.0 Å². The van der Waals surface area contributed by atoms with Crippen LogP contribution >= 0.6 is 0 Å². The number of hydrogen-bond acceptors (Lipinski definition) is 2. The van der Waals surface area contributed by atoms with E-state index in [0.29, 0.717) is 18.1 Å². The number of fused-ring (bicyclic) bond motifs is 5. The number of Topliss-reactive ketones (excluding diaryl/α,β-unsaturated/α-hetero) is 1. The SMILES string of the molecule is CC/C=C(/CC)CCC1Cc2ccc3c(c2-c2cc(-c4cc(CC)ccn4)ccc21)CCC3=O. The van der Waals surface area contributed by atoms with Gasteiger partial charge in [0.25, 0.3) is 0 Å². The normalized spacial score (nSPS) is 16.9. The molecule has 2 aliphatic rings. The maximum atomic E-state index is 12.5. The van der Waals surface area contributed by atoms with Gasteiger partial charge in [0.1, 0.15) is 0 Å². The maximum absolute atomic E-state index is 12.5. The van der Waals surface area contributed by atoms with Crippen molar-refractivity contribution in [3.8, 4) is 22.4 Å². The van der Waals surface area contributed by atoms with Crippen molar-refractivity contribution >= 4 is 5.78 Å². The molecule has 3 aromatic rings. The third-order valence-corrected chi connectivity index (χ3v) is 7.82. The highest BCUT2D eigenvalue weighted by atomic mass is 16.1. The molecule has 34 heavy (non-hydrogen) atoms. The van der Waals surface area contributed by atoms with Gasteiger partial charge in [-0.3, -0.25) is 9.78 Å². The number of ketones is 1. The summed E-state index contributed by atoms with van der Waals surface area (Å²) in [6.07, 6.45) is 12.5. The highest BCUT2D eigenvalue weighted by Gasteiger charge is 2.31. The van der Waals surface area contributed by atoms with Gasteiger partial charge < -0.3 is 0 Å². The van der Waals surface area contributed by atoms with Crippen LogP contribution in [0.15, 0.2) is 60.3 Å². The van der Waals surface area contributed by atoms with Crippen molar-refractivity contribution in [2.45, 2.75) is 78.1 Å². The van der Waals surface area contributed by atoms with Crippen molar-refractivity contribution in [3.05, 3.63) is 88.1 Å². The van der Waals surface area contributed by atoms with E-state index in [2.05, 4.69) is 69.3 Å². The zero-order chi connectivity index (χ0) is 23.7. The lowest BCUT2D eigenvalue weighted by Gasteiger charge is -2.30. The number of carbonyl (C=O) groups is 1. The summed E-state index contributed by atoms with van der Waals surface area (Å²) in [5, 5.41) is 0. The Morgan fingerprint density at radius 1 is 1.03 bits per heavy atom. The predicted octanol–water partition coefficient (Wildman–Crippen LogP) is 8.27. The minimum Gasteiger partial charge on any atom is -0.294 e. The van der Waals surface area contributed by atoms with Crippen molar-refractivity contribution in [1.82, 2.24) is 4.98 Å². The van der Waals surface area contributed by atoms with Crippen LogP contribution in [0.1, 0.15) is 91.4 Å². The molecule has 0 fully saturated rings. The molecule has 5 rings (SSSR count). The fourth-order valence-electron chi connectivity index (χ4n) is 5.94. The molecule has 2 heteroatoms. The zero-order valence-electron chi connectivity index (χ0n) is 20.8. The minimum absolute atomic E-state index is 0.298. The molecule has 2 aromatic carbocycles. The van der Waals surface area contributed by atoms with Crippen LogP contribution < -0.4 is 0 Å². The number of pyridine rings is 1. The second kappa shape index (κ2) is 9.70. The van der Waals surface area contributed by atoms with Gasteiger partial charge in [0.05, 0.1) is 5.69 Å². The van der Waals surface area contributed by atoms with Gasteiger partial charge in [-0.05, 0) is 102 Å². The average Bonchev–Trinajstić information content (AvgIpc) is 3.26. The lowest BCUT2D eigenvalue weighted by atomic mass is 9.74. The van der Waals surface area contributed by atoms with E-state index in [9.17, 15) is 4.79 Å². The second-order valence-electron chi connectivity index (χ2n) is 9.82. The smallest absolute Gasteiger partial charge is 0.163 e. The molecule has 1 unspecified atom stereocenters. The molecule has 0 saturated heterocycles. The molecule has 0 spiro atoms. The number of benzene rings is 2. The summed E-state index contributed by atoms with van der Waals surface area (Å²) in [4.78, 5) is 17.2. The molecule has 2 nitrogen and oxygen atoms in total. The van der Waals surface area contributed by atoms with Gasteiger partial charge in [-0.1, -0.05) is 56.7 Å². The number of allylic oxidation sites excluding steroid dienone is 2. The van der Waals surface area contributed by atoms with Gasteiger partial charge in [0, 0.05) is 23.7 Å². The standard InChI is InChI=1S/C32H35NO/c1-4-7-21(5-2)8-9-23-19-25-11-13-27-28(14-15-31(27)34)32(25)29-20-24(10-12-26(23)29)30-18-22(6-3)16-17-33-30/h7,10-13,16-18,20,23H,4-6,8-9,14-15,19H2,1-3H3/b21-7-. The van der Waals surface area contributed by atoms with E-state index in [1.165, 1.54) is 45.4 Å². The molecule has 0 aliphatic heterocycles. The lowest BCUT2D eigenvalue weighted by Crippen LogP contribution is -2.14. The zero-order valence-corrected chi connectivity index (χ0v) is 20.8. The van der Waals surface area contributed by atoms with E-state index < -0.39 is 0 Å². The predicted molar refractivity (Wildman–Crippen MR) is 141 cm³/mol. The molecule has 0 saturated carbocycles. The third-order valence-electron chi connectivity index (χ3n) is 7.82. The Balaban J connectivity index is 1.61. The third kappa shape index (κ3) is 4.15. The molecular formula is C32H35NO. The second-order valence-corrected chi connectivity index (χ2v) is 9.82. The Kier molecular flexibility index (Phi) is 6.50. The molecule has 1 heterocycles. The minimum atomic E-state index is 0.298. The van der Waals surface area contributed by atoms with E-state index >= 15 is 0 Å². The van der Waals surface area contributed by atoms with E-state index in [-0.39, 0.29) is 0 Å². The first kappa shape index (κ1) is 22.8. The fourth-order valence-corrected chi connectivity index (χ4v) is 5.94. The Morgan fingerprint density at radius 2 is 1.91 bits per heavy atom. The van der Waals surface area contributed by atoms with Gasteiger partial charge in [-0.2, -0.15) is 0 Å². The van der Waals surface area contributed by atoms with E-state index in [0.717, 1.165) is 49.8 Å². The number of carbonyl (C=O) groups excluding carboxylic acids is 1. The Labute approximate surface area is 204 Å². The number of nitrogens with zero attached hydrogens (tertiary/aromatic N) is 1. The number of aryl methyl sites for hydroxylation is 1. The quantitative estimate of drug-likeness (QED) is 0.340. The van der Waals surface area contributed by atoms with Crippen molar-refractivity contribution in [2.75, 3.05) is 0 Å². The van der Waals surface area contributed by atoms with Crippen molar-refractivity contribution in [2.24, 2.45) is 0 Å². The van der Waals surface area contributed by atoms with Crippen LogP contribution in [0, 0.1) is 0 Å². The van der Waals surface area contributed by atoms with Crippen LogP contribution in [0.5, 0.6) is 0 Å². The first-order valence-corrected chi connectivity index (χ1v) is 13.1. The molecule has 1 atom stereocenters. The van der Waals surface area contributed by atoms with Gasteiger partial charge >= 0.3 is 0 Å². The summed E-state index contributed by atoms with van der Waals surface area (Å²) in [6, 6.07) is 15.6. The monoisotopic (exact) mass is 449 g/mol. The molecule has 2 aliphatic carbocycles. The molecular weight excluding hydrogens is 414 g/mol. The molecule has 0 radical (unpaired) electrons. The fraction of sp³-hybridized carbons (Fsp3) is 0.375. The maximum Gasteiger partial charge on any atom is 0.163 e. The van der Waals surface area contributed by atoms with Crippen LogP contribution in [-0.4, -0.2) is 10.8 Å². The van der Waals surface area contributed by atoms with Gasteiger partial charge in [-0.15, -0.1) is 0 Å². The Hall–Kier alpha value is -3.00. The summed E-state index contributed by atoms with van der Waals surface area (Å²) < 4.78 is 0. The molecule has 0 N–H and O–H groups in total. The van der Waals surface area contributed by atoms with Crippen LogP contribution in [0.3, 0.4) is 0 Å². The van der Waals surface area contributed by atoms with Gasteiger partial charge in [0.15, 0.2) is 5.78 Å². The van der Waals surface area contributed by atoms with Crippen LogP contribution in [-0.2, 0) is 19.3 Å². The van der Waals surface area contributed by atoms with Crippen LogP contribution in [0.25, 0.3) is 22.4 Å². The van der Waals surface area contributed by atoms with Crippen molar-refractivity contribution < 1.29 is 4.79 Å². The van der Waals surface area contributed by atoms with Gasteiger partial charge in [-0.25, -0.2) is 0 Å². The van der Waals surface area contributed by atoms with Crippen molar-refractivity contribution in [3.63, 3.8) is 0 Å². The largest absolute Gasteiger partial charge is 0.294 e. The molecule has 1 aromatic heterocycles. The summed E-state index contributed by atoms with van der Waals surface area (Å²) in [5.74, 6) is 0.806. The molecule has 174 valence electrons. The average molecular weight is 450 g/mol. The van der Waals surface area contributed by atoms with E-state index in [1.54, 1.807) is 5.57 Å². The Morgan fingerprint density at radius 3 is 2.71 bits per heavy atom. The van der Waals surface area contributed by atoms with Gasteiger partial charge in [0.2, 0.25) is 0 Å². The summed E-state index contributed by atoms with van der Waals surface area (Å²) in [5.41, 5.74) is 12.8. The lowest BCUT2D eigenvalue weighted by molar-refractivity contribution is 0.0994. The first-order valence-electron chi connectivity index (χ1n) is 13.1. The Bertz CT molecular complexity index is 1270. The molecule has 0 amide bonds. The van der Waals surface area contributed by atoms with E-state index in [4.69, 9.17) is 4.98 Å². The van der Waals surface area contributed by atoms with E-state index in [1.807, 2.05) is 6.20 Å². The van der Waals surface area contributed by atoms with Crippen molar-refractivity contribution in [1.29, 1.82) is 0 Å². The van der Waals surface area contributed by atoms with Crippen LogP contribution in [0.2, 0.25) is 0 Å². The molecule has 0 bridgehead atoms. The first-order chi connectivity index (χ1) is 16.6. The van der Waals surface area contributed by atoms with Crippen LogP contribution in [0.4, 0.5) is 0 Å².